The van der Waals surface area contributed by atoms with Gasteiger partial charge in [-0.25, -0.2) is 0 Å². The lowest BCUT2D eigenvalue weighted by molar-refractivity contribution is 0.0890. The Bertz CT molecular complexity index is 1670. The van der Waals surface area contributed by atoms with Crippen LogP contribution in [-0.2, 0) is 0 Å². The predicted molar refractivity (Wildman–Crippen MR) is 159 cm³/mol. The Morgan fingerprint density at radius 3 is 2.19 bits per heavy atom. The van der Waals surface area contributed by atoms with Gasteiger partial charge in [0.05, 0.1) is 5.69 Å². The van der Waals surface area contributed by atoms with Gasteiger partial charge in [0.25, 0.3) is 0 Å². The number of aryl methyl sites for hydroxylation is 3. The topological polar surface area (TPSA) is 12.9 Å². The van der Waals surface area contributed by atoms with Gasteiger partial charge in [-0.3, -0.25) is 4.98 Å². The molecule has 0 N–H and O–H groups in total. The molecule has 0 amide bonds. The monoisotopic (exact) mass is 494 g/mol. The summed E-state index contributed by atoms with van der Waals surface area (Å²) < 4.78 is 59.6. The average Bonchev–Trinajstić information content (AvgIpc) is 2.93. The molecule has 5 rings (SSSR count). The van der Waals surface area contributed by atoms with E-state index in [1.165, 1.54) is 6.20 Å². The summed E-state index contributed by atoms with van der Waals surface area (Å²) in [7, 11) is 0. The highest BCUT2D eigenvalue weighted by Crippen LogP contribution is 2.53. The van der Waals surface area contributed by atoms with Crippen molar-refractivity contribution in [1.29, 1.82) is 0 Å². The largest absolute Gasteiger partial charge is 0.256 e. The van der Waals surface area contributed by atoms with Crippen LogP contribution in [-0.4, -0.2) is 4.98 Å². The van der Waals surface area contributed by atoms with E-state index in [1.54, 1.807) is 12.1 Å². The van der Waals surface area contributed by atoms with Crippen LogP contribution in [0.15, 0.2) is 79.0 Å². The number of nitrogens with zero attached hydrogens (tertiary/aromatic N) is 1. The van der Waals surface area contributed by atoms with Crippen molar-refractivity contribution in [3.8, 4) is 33.5 Å². The molecule has 1 heterocycles. The number of hydrogen-bond donors (Lipinski definition) is 0. The van der Waals surface area contributed by atoms with Crippen molar-refractivity contribution in [3.63, 3.8) is 0 Å². The first-order valence-electron chi connectivity index (χ1n) is 16.6. The Hall–Kier alpha value is -3.19. The van der Waals surface area contributed by atoms with Crippen molar-refractivity contribution >= 4 is 0 Å². The summed E-state index contributed by atoms with van der Waals surface area (Å²) in [6, 6.07) is 22.7. The minimum Gasteiger partial charge on any atom is -0.256 e. The van der Waals surface area contributed by atoms with Crippen LogP contribution in [0.25, 0.3) is 33.5 Å². The maximum Gasteiger partial charge on any atom is 0.0708 e. The van der Waals surface area contributed by atoms with E-state index in [1.807, 2.05) is 67.6 Å². The molecule has 1 aliphatic carbocycles. The van der Waals surface area contributed by atoms with Gasteiger partial charge >= 0.3 is 0 Å². The van der Waals surface area contributed by atoms with Crippen LogP contribution in [0.5, 0.6) is 0 Å². The summed E-state index contributed by atoms with van der Waals surface area (Å²) in [5.74, 6) is -0.714. The SMILES string of the molecule is [2H]C([2H])([2H])c1cnc(-c2ccccc2)cc1-c1c(C)cc(-c2ccc(C3([2H])CCC(C)(C)CC3(C)C)cc2)cc1C([2H])([2H])[2H]. The fourth-order valence-electron chi connectivity index (χ4n) is 6.33. The zero-order chi connectivity index (χ0) is 32.3. The van der Waals surface area contributed by atoms with E-state index in [-0.39, 0.29) is 22.0 Å². The van der Waals surface area contributed by atoms with Gasteiger partial charge in [-0.2, -0.15) is 0 Å². The molecule has 1 fully saturated rings. The molecule has 0 bridgehead atoms. The number of aromatic nitrogens is 1. The van der Waals surface area contributed by atoms with E-state index in [9.17, 15) is 1.37 Å². The fourth-order valence-corrected chi connectivity index (χ4v) is 6.33. The van der Waals surface area contributed by atoms with Crippen molar-refractivity contribution in [2.45, 2.75) is 73.5 Å². The standard InChI is InChI=1S/C36H41N/c1-24-19-30(27-13-15-28(16-14-27)32-17-18-35(4,5)23-36(32,6)7)20-25(2)34(24)31-21-33(37-22-26(31)3)29-11-9-8-10-12-29/h8-16,19-22,32H,17-18,23H2,1-7H3/i1D3,3D3,32D. The van der Waals surface area contributed by atoms with Crippen molar-refractivity contribution in [3.05, 3.63) is 101 Å². The van der Waals surface area contributed by atoms with Gasteiger partial charge < -0.3 is 0 Å². The molecule has 0 saturated heterocycles. The molecule has 3 aromatic carbocycles. The molecule has 4 aromatic rings. The number of benzene rings is 3. The molecule has 0 radical (unpaired) electrons. The minimum absolute atomic E-state index is 0.0156. The molecular formula is C36H41N. The molecule has 0 spiro atoms. The van der Waals surface area contributed by atoms with Gasteiger partial charge in [0.2, 0.25) is 0 Å². The van der Waals surface area contributed by atoms with Crippen molar-refractivity contribution in [2.24, 2.45) is 10.8 Å². The molecule has 1 aliphatic rings. The van der Waals surface area contributed by atoms with Gasteiger partial charge in [0, 0.05) is 21.4 Å². The van der Waals surface area contributed by atoms with E-state index in [4.69, 9.17) is 8.22 Å². The second-order valence-electron chi connectivity index (χ2n) is 12.0. The third-order valence-electron chi connectivity index (χ3n) is 7.93. The second kappa shape index (κ2) is 9.60. The molecule has 1 atom stereocenters. The van der Waals surface area contributed by atoms with E-state index in [2.05, 4.69) is 32.7 Å². The van der Waals surface area contributed by atoms with E-state index in [0.29, 0.717) is 22.4 Å². The second-order valence-corrected chi connectivity index (χ2v) is 12.0. The van der Waals surface area contributed by atoms with Gasteiger partial charge in [0.1, 0.15) is 0 Å². The highest BCUT2D eigenvalue weighted by Gasteiger charge is 2.40. The van der Waals surface area contributed by atoms with Crippen LogP contribution in [0.3, 0.4) is 0 Å². The van der Waals surface area contributed by atoms with Crippen LogP contribution < -0.4 is 0 Å². The van der Waals surface area contributed by atoms with Gasteiger partial charge in [-0.1, -0.05) is 94.4 Å². The summed E-state index contributed by atoms with van der Waals surface area (Å²) in [5, 5.41) is 0. The fraction of sp³-hybridized carbons (Fsp3) is 0.361. The molecule has 1 aromatic heterocycles. The quantitative estimate of drug-likeness (QED) is 0.275. The third kappa shape index (κ3) is 5.14. The zero-order valence-electron chi connectivity index (χ0n) is 29.6. The molecule has 1 heteroatoms. The van der Waals surface area contributed by atoms with Crippen LogP contribution in [0, 0.1) is 31.5 Å². The first kappa shape index (κ1) is 18.1. The van der Waals surface area contributed by atoms with Crippen LogP contribution in [0.4, 0.5) is 0 Å². The summed E-state index contributed by atoms with van der Waals surface area (Å²) in [4.78, 5) is 4.44. The number of hydrogen-bond acceptors (Lipinski definition) is 1. The minimum atomic E-state index is -2.50. The molecule has 37 heavy (non-hydrogen) atoms. The third-order valence-corrected chi connectivity index (χ3v) is 7.93. The summed E-state index contributed by atoms with van der Waals surface area (Å²) >= 11 is 0. The van der Waals surface area contributed by atoms with Crippen molar-refractivity contribution in [1.82, 2.24) is 4.98 Å². The molecule has 190 valence electrons. The Morgan fingerprint density at radius 1 is 0.811 bits per heavy atom. The predicted octanol–water partition coefficient (Wildman–Crippen LogP) is 10.3. The maximum absolute atomic E-state index is 9.51. The lowest BCUT2D eigenvalue weighted by atomic mass is 9.58. The lowest BCUT2D eigenvalue weighted by Crippen LogP contribution is -2.34. The smallest absolute Gasteiger partial charge is 0.0708 e. The Labute approximate surface area is 233 Å². The number of rotatable bonds is 4. The summed E-state index contributed by atoms with van der Waals surface area (Å²) in [6.07, 6.45) is 4.09. The lowest BCUT2D eigenvalue weighted by Gasteiger charge is -2.47. The summed E-state index contributed by atoms with van der Waals surface area (Å²) in [5.41, 5.74) is 5.47. The highest BCUT2D eigenvalue weighted by molar-refractivity contribution is 5.80. The molecule has 1 nitrogen and oxygen atoms in total. The van der Waals surface area contributed by atoms with Crippen molar-refractivity contribution < 1.29 is 9.60 Å². The first-order chi connectivity index (χ1) is 20.3. The Morgan fingerprint density at radius 2 is 1.51 bits per heavy atom. The Kier molecular flexibility index (Phi) is 4.70. The average molecular weight is 495 g/mol. The van der Waals surface area contributed by atoms with E-state index < -0.39 is 19.6 Å². The first-order valence-corrected chi connectivity index (χ1v) is 13.1. The molecule has 1 saturated carbocycles. The Balaban J connectivity index is 1.63. The van der Waals surface area contributed by atoms with Gasteiger partial charge in [0.15, 0.2) is 0 Å². The number of pyridine rings is 1. The molecule has 1 unspecified atom stereocenters. The molecular weight excluding hydrogens is 446 g/mol. The summed E-state index contributed by atoms with van der Waals surface area (Å²) in [6.45, 7) is 5.79. The van der Waals surface area contributed by atoms with E-state index >= 15 is 0 Å². The highest BCUT2D eigenvalue weighted by atomic mass is 14.7. The normalized spacial score (nSPS) is 24.0. The van der Waals surface area contributed by atoms with Crippen LogP contribution >= 0.6 is 0 Å². The maximum atomic E-state index is 9.51. The molecule has 0 aliphatic heterocycles. The zero-order valence-corrected chi connectivity index (χ0v) is 22.6. The van der Waals surface area contributed by atoms with Crippen molar-refractivity contribution in [2.75, 3.05) is 0 Å². The van der Waals surface area contributed by atoms with Crippen LogP contribution in [0.1, 0.15) is 84.7 Å². The van der Waals surface area contributed by atoms with Gasteiger partial charge in [-0.15, -0.1) is 0 Å². The van der Waals surface area contributed by atoms with Crippen LogP contribution in [0.2, 0.25) is 0 Å². The van der Waals surface area contributed by atoms with E-state index in [0.717, 1.165) is 41.5 Å². The van der Waals surface area contributed by atoms with Gasteiger partial charge in [-0.05, 0) is 107 Å².